The monoisotopic (exact) mass is 147 g/mol. The summed E-state index contributed by atoms with van der Waals surface area (Å²) in [5.74, 6) is 2.62. The average Bonchev–Trinajstić information content (AvgIpc) is 2.32. The van der Waals surface area contributed by atoms with Crippen LogP contribution in [0.3, 0.4) is 0 Å². The van der Waals surface area contributed by atoms with Gasteiger partial charge in [0.25, 0.3) is 0 Å². The van der Waals surface area contributed by atoms with Crippen LogP contribution in [0.5, 0.6) is 0 Å². The van der Waals surface area contributed by atoms with Gasteiger partial charge in [-0.2, -0.15) is 0 Å². The maximum atomic E-state index is 5.22. The minimum Gasteiger partial charge on any atom is -0.311 e. The zero-order valence-corrected chi connectivity index (χ0v) is 6.64. The molecule has 2 fully saturated rings. The highest BCUT2D eigenvalue weighted by Gasteiger charge is 2.29. The summed E-state index contributed by atoms with van der Waals surface area (Å²) in [5.41, 5.74) is 1.47. The van der Waals surface area contributed by atoms with Crippen LogP contribution in [0.4, 0.5) is 0 Å². The van der Waals surface area contributed by atoms with Crippen LogP contribution in [-0.4, -0.2) is 12.1 Å². The lowest BCUT2D eigenvalue weighted by atomic mass is 9.99. The lowest BCUT2D eigenvalue weighted by molar-refractivity contribution is 0.474. The van der Waals surface area contributed by atoms with E-state index < -0.39 is 0 Å². The summed E-state index contributed by atoms with van der Waals surface area (Å²) < 4.78 is 0. The zero-order chi connectivity index (χ0) is 7.68. The van der Waals surface area contributed by atoms with Gasteiger partial charge in [0.2, 0.25) is 0 Å². The van der Waals surface area contributed by atoms with E-state index in [9.17, 15) is 0 Å². The van der Waals surface area contributed by atoms with Gasteiger partial charge in [0.1, 0.15) is 0 Å². The van der Waals surface area contributed by atoms with Crippen LogP contribution in [0.2, 0.25) is 0 Å². The van der Waals surface area contributed by atoms with Gasteiger partial charge in [0.05, 0.1) is 0 Å². The van der Waals surface area contributed by atoms with Gasteiger partial charge < -0.3 is 5.32 Å². The summed E-state index contributed by atoms with van der Waals surface area (Å²) in [4.78, 5) is 0. The van der Waals surface area contributed by atoms with Crippen molar-refractivity contribution in [3.8, 4) is 12.3 Å². The fourth-order valence-electron chi connectivity index (χ4n) is 2.18. The van der Waals surface area contributed by atoms with Crippen molar-refractivity contribution in [1.29, 1.82) is 0 Å². The maximum Gasteiger partial charge on any atom is 0.0108 e. The Labute approximate surface area is 67.9 Å². The molecule has 2 unspecified atom stereocenters. The molecule has 2 bridgehead atoms. The van der Waals surface area contributed by atoms with Crippen molar-refractivity contribution in [3.63, 3.8) is 0 Å². The Hall–Kier alpha value is -0.740. The van der Waals surface area contributed by atoms with Crippen LogP contribution in [0.25, 0.3) is 0 Å². The van der Waals surface area contributed by atoms with E-state index in [1.807, 2.05) is 6.08 Å². The number of hydrogen-bond acceptors (Lipinski definition) is 1. The first-order valence-electron chi connectivity index (χ1n) is 4.28. The molecule has 0 spiro atoms. The van der Waals surface area contributed by atoms with Gasteiger partial charge in [-0.05, 0) is 31.8 Å². The molecule has 0 aromatic carbocycles. The highest BCUT2D eigenvalue weighted by Crippen LogP contribution is 2.29. The number of nitrogens with one attached hydrogen (secondary N) is 1. The van der Waals surface area contributed by atoms with Crippen LogP contribution < -0.4 is 5.32 Å². The van der Waals surface area contributed by atoms with Gasteiger partial charge in [0, 0.05) is 12.1 Å². The summed E-state index contributed by atoms with van der Waals surface area (Å²) in [6, 6.07) is 1.46. The first-order valence-corrected chi connectivity index (χ1v) is 4.28. The molecule has 2 heterocycles. The van der Waals surface area contributed by atoms with E-state index in [-0.39, 0.29) is 0 Å². The number of rotatable bonds is 0. The van der Waals surface area contributed by atoms with Crippen LogP contribution in [0.1, 0.15) is 25.7 Å². The highest BCUT2D eigenvalue weighted by molar-refractivity contribution is 5.22. The number of piperidine rings is 1. The molecule has 0 amide bonds. The maximum absolute atomic E-state index is 5.22. The summed E-state index contributed by atoms with van der Waals surface area (Å²) in [7, 11) is 0. The van der Waals surface area contributed by atoms with Gasteiger partial charge in [-0.15, -0.1) is 6.42 Å². The van der Waals surface area contributed by atoms with Crippen LogP contribution in [0.15, 0.2) is 11.6 Å². The third-order valence-electron chi connectivity index (χ3n) is 2.64. The summed E-state index contributed by atoms with van der Waals surface area (Å²) in [5, 5.41) is 3.57. The Bertz CT molecular complexity index is 208. The van der Waals surface area contributed by atoms with Crippen molar-refractivity contribution in [2.45, 2.75) is 37.8 Å². The third-order valence-corrected chi connectivity index (χ3v) is 2.64. The van der Waals surface area contributed by atoms with Gasteiger partial charge in [-0.25, -0.2) is 0 Å². The number of terminal acetylenes is 1. The van der Waals surface area contributed by atoms with Crippen molar-refractivity contribution >= 4 is 0 Å². The minimum absolute atomic E-state index is 0.730. The van der Waals surface area contributed by atoms with Crippen LogP contribution in [0, 0.1) is 12.3 Å². The second-order valence-corrected chi connectivity index (χ2v) is 3.52. The molecule has 2 aliphatic rings. The molecule has 0 aromatic rings. The Morgan fingerprint density at radius 1 is 1.36 bits per heavy atom. The largest absolute Gasteiger partial charge is 0.311 e. The molecule has 2 atom stereocenters. The fraction of sp³-hybridized carbons (Fsp3) is 0.600. The molecule has 1 heteroatoms. The van der Waals surface area contributed by atoms with E-state index in [1.54, 1.807) is 0 Å². The lowest BCUT2D eigenvalue weighted by Gasteiger charge is -2.22. The normalized spacial score (nSPS) is 35.0. The standard InChI is InChI=1S/C10H13N/c1-2-3-8-6-9-4-5-10(7-8)11-9/h1,3,9-11H,4-7H2. The Morgan fingerprint density at radius 3 is 2.55 bits per heavy atom. The summed E-state index contributed by atoms with van der Waals surface area (Å²) in [6.45, 7) is 0. The van der Waals surface area contributed by atoms with Crippen LogP contribution >= 0.6 is 0 Å². The lowest BCUT2D eigenvalue weighted by Crippen LogP contribution is -2.34. The van der Waals surface area contributed by atoms with Crippen molar-refractivity contribution < 1.29 is 0 Å². The first kappa shape index (κ1) is 6.94. The van der Waals surface area contributed by atoms with Crippen molar-refractivity contribution in [1.82, 2.24) is 5.32 Å². The molecule has 2 saturated heterocycles. The molecular weight excluding hydrogens is 134 g/mol. The van der Waals surface area contributed by atoms with E-state index in [1.165, 1.54) is 31.3 Å². The van der Waals surface area contributed by atoms with Gasteiger partial charge >= 0.3 is 0 Å². The smallest absolute Gasteiger partial charge is 0.0108 e. The molecule has 0 aliphatic carbocycles. The van der Waals surface area contributed by atoms with E-state index in [2.05, 4.69) is 11.2 Å². The number of hydrogen-bond donors (Lipinski definition) is 1. The number of fused-ring (bicyclic) bond motifs is 2. The predicted molar refractivity (Wildman–Crippen MR) is 46.1 cm³/mol. The molecule has 0 aromatic heterocycles. The third kappa shape index (κ3) is 1.32. The molecule has 1 nitrogen and oxygen atoms in total. The molecule has 11 heavy (non-hydrogen) atoms. The van der Waals surface area contributed by atoms with Crippen molar-refractivity contribution in [2.75, 3.05) is 0 Å². The topological polar surface area (TPSA) is 12.0 Å². The molecule has 0 radical (unpaired) electrons. The van der Waals surface area contributed by atoms with E-state index in [0.29, 0.717) is 0 Å². The predicted octanol–water partition coefficient (Wildman–Crippen LogP) is 1.46. The second kappa shape index (κ2) is 2.71. The van der Waals surface area contributed by atoms with Gasteiger partial charge in [0.15, 0.2) is 0 Å². The molecule has 0 saturated carbocycles. The van der Waals surface area contributed by atoms with E-state index in [4.69, 9.17) is 6.42 Å². The second-order valence-electron chi connectivity index (χ2n) is 3.52. The van der Waals surface area contributed by atoms with Crippen molar-refractivity contribution in [3.05, 3.63) is 11.6 Å². The Kier molecular flexibility index (Phi) is 1.71. The fourth-order valence-corrected chi connectivity index (χ4v) is 2.18. The molecule has 2 aliphatic heterocycles. The molecule has 2 rings (SSSR count). The first-order chi connectivity index (χ1) is 5.38. The summed E-state index contributed by atoms with van der Waals surface area (Å²) in [6.07, 6.45) is 12.2. The van der Waals surface area contributed by atoms with Gasteiger partial charge in [-0.3, -0.25) is 0 Å². The number of allylic oxidation sites excluding steroid dienone is 1. The molecule has 58 valence electrons. The summed E-state index contributed by atoms with van der Waals surface area (Å²) >= 11 is 0. The van der Waals surface area contributed by atoms with Crippen LogP contribution in [-0.2, 0) is 0 Å². The SMILES string of the molecule is C#CC=C1CC2CCC(C1)N2. The van der Waals surface area contributed by atoms with Gasteiger partial charge in [-0.1, -0.05) is 11.5 Å². The highest BCUT2D eigenvalue weighted by atomic mass is 15.0. The average molecular weight is 147 g/mol. The molecular formula is C10H13N. The zero-order valence-electron chi connectivity index (χ0n) is 6.64. The van der Waals surface area contributed by atoms with E-state index in [0.717, 1.165) is 12.1 Å². The minimum atomic E-state index is 0.730. The van der Waals surface area contributed by atoms with E-state index >= 15 is 0 Å². The Balaban J connectivity index is 2.09. The van der Waals surface area contributed by atoms with Crippen molar-refractivity contribution in [2.24, 2.45) is 0 Å². The Morgan fingerprint density at radius 2 is 2.00 bits per heavy atom. The quantitative estimate of drug-likeness (QED) is 0.511. The molecule has 1 N–H and O–H groups in total.